The highest BCUT2D eigenvalue weighted by Gasteiger charge is 2.35. The van der Waals surface area contributed by atoms with Crippen molar-refractivity contribution in [3.8, 4) is 11.5 Å². The molecule has 1 aromatic heterocycles. The Bertz CT molecular complexity index is 998. The second-order valence-corrected chi connectivity index (χ2v) is 6.98. The molecule has 1 aliphatic rings. The second-order valence-electron chi connectivity index (χ2n) is 5.58. The first kappa shape index (κ1) is 19.8. The quantitative estimate of drug-likeness (QED) is 0.573. The second kappa shape index (κ2) is 7.99. The van der Waals surface area contributed by atoms with E-state index in [4.69, 9.17) is 20.8 Å². The molecule has 0 radical (unpaired) electrons. The topological polar surface area (TPSA) is 106 Å². The van der Waals surface area contributed by atoms with Crippen LogP contribution in [0.2, 0.25) is 5.02 Å². The lowest BCUT2D eigenvalue weighted by Gasteiger charge is -2.10. The molecule has 3 rings (SSSR count). The van der Waals surface area contributed by atoms with Crippen molar-refractivity contribution in [3.05, 3.63) is 51.3 Å². The average molecular weight is 424 g/mol. The summed E-state index contributed by atoms with van der Waals surface area (Å²) in [5, 5.41) is 9.36. The number of benzene rings is 1. The van der Waals surface area contributed by atoms with E-state index in [1.807, 2.05) is 0 Å². The summed E-state index contributed by atoms with van der Waals surface area (Å²) in [7, 11) is 2.59. The van der Waals surface area contributed by atoms with Crippen molar-refractivity contribution in [2.75, 3.05) is 14.2 Å². The number of phenolic OH excluding ortho intramolecular Hbond substituents is 1. The Morgan fingerprint density at radius 3 is 2.75 bits per heavy atom. The van der Waals surface area contributed by atoms with E-state index in [-0.39, 0.29) is 39.5 Å². The number of imide groups is 1. The number of hydrogen-bond acceptors (Lipinski definition) is 8. The molecule has 0 saturated carbocycles. The minimum absolute atomic E-state index is 0.0224. The molecule has 0 atom stereocenters. The van der Waals surface area contributed by atoms with Crippen LogP contribution in [0.5, 0.6) is 11.5 Å². The van der Waals surface area contributed by atoms with E-state index in [0.29, 0.717) is 5.56 Å². The van der Waals surface area contributed by atoms with Gasteiger partial charge in [0.1, 0.15) is 5.76 Å². The molecule has 2 aromatic rings. The number of halogens is 1. The zero-order valence-corrected chi connectivity index (χ0v) is 16.3. The molecule has 8 nitrogen and oxygen atoms in total. The zero-order valence-electron chi connectivity index (χ0n) is 14.7. The Morgan fingerprint density at radius 2 is 2.07 bits per heavy atom. The smallest absolute Gasteiger partial charge is 0.373 e. The van der Waals surface area contributed by atoms with Crippen LogP contribution in [0.15, 0.2) is 33.6 Å². The molecule has 1 aromatic carbocycles. The van der Waals surface area contributed by atoms with Crippen LogP contribution in [0.4, 0.5) is 4.79 Å². The molecule has 2 amide bonds. The summed E-state index contributed by atoms with van der Waals surface area (Å²) in [5.41, 5.74) is 0.483. The first-order valence-corrected chi connectivity index (χ1v) is 9.02. The predicted molar refractivity (Wildman–Crippen MR) is 101 cm³/mol. The van der Waals surface area contributed by atoms with Crippen molar-refractivity contribution < 1.29 is 33.4 Å². The fourth-order valence-corrected chi connectivity index (χ4v) is 3.51. The van der Waals surface area contributed by atoms with Crippen molar-refractivity contribution in [3.63, 3.8) is 0 Å². The molecule has 146 valence electrons. The monoisotopic (exact) mass is 423 g/mol. The van der Waals surface area contributed by atoms with Gasteiger partial charge in [-0.3, -0.25) is 14.5 Å². The van der Waals surface area contributed by atoms with Crippen LogP contribution in [0.1, 0.15) is 21.9 Å². The minimum Gasteiger partial charge on any atom is -0.503 e. The van der Waals surface area contributed by atoms with Crippen molar-refractivity contribution in [1.82, 2.24) is 4.90 Å². The van der Waals surface area contributed by atoms with Gasteiger partial charge in [0.05, 0.1) is 30.7 Å². The molecule has 1 aliphatic heterocycles. The lowest BCUT2D eigenvalue weighted by molar-refractivity contribution is -0.123. The van der Waals surface area contributed by atoms with Crippen molar-refractivity contribution >= 4 is 46.6 Å². The van der Waals surface area contributed by atoms with E-state index in [9.17, 15) is 19.5 Å². The summed E-state index contributed by atoms with van der Waals surface area (Å²) in [6.45, 7) is -0.126. The summed E-state index contributed by atoms with van der Waals surface area (Å²) in [5.74, 6) is -1.01. The van der Waals surface area contributed by atoms with Gasteiger partial charge >= 0.3 is 5.97 Å². The van der Waals surface area contributed by atoms with Gasteiger partial charge in [0.2, 0.25) is 5.76 Å². The summed E-state index contributed by atoms with van der Waals surface area (Å²) in [6.07, 6.45) is 1.47. The number of ether oxygens (including phenoxy) is 2. The van der Waals surface area contributed by atoms with Gasteiger partial charge in [-0.2, -0.15) is 0 Å². The van der Waals surface area contributed by atoms with Crippen LogP contribution < -0.4 is 4.74 Å². The molecule has 10 heteroatoms. The summed E-state index contributed by atoms with van der Waals surface area (Å²) in [6, 6.07) is 5.83. The Balaban J connectivity index is 1.82. The van der Waals surface area contributed by atoms with E-state index in [1.54, 1.807) is 0 Å². The van der Waals surface area contributed by atoms with Gasteiger partial charge in [-0.1, -0.05) is 11.6 Å². The molecule has 28 heavy (non-hydrogen) atoms. The average Bonchev–Trinajstić information content (AvgIpc) is 3.24. The zero-order chi connectivity index (χ0) is 20.4. The van der Waals surface area contributed by atoms with Crippen molar-refractivity contribution in [2.45, 2.75) is 6.54 Å². The van der Waals surface area contributed by atoms with Gasteiger partial charge in [-0.25, -0.2) is 4.79 Å². The maximum absolute atomic E-state index is 12.6. The summed E-state index contributed by atoms with van der Waals surface area (Å²) in [4.78, 5) is 37.4. The molecular weight excluding hydrogens is 410 g/mol. The van der Waals surface area contributed by atoms with Crippen LogP contribution in [0.3, 0.4) is 0 Å². The Labute approximate surface area is 168 Å². The third-order valence-electron chi connectivity index (χ3n) is 3.80. The third kappa shape index (κ3) is 3.85. The predicted octanol–water partition coefficient (Wildman–Crippen LogP) is 3.67. The Kier molecular flexibility index (Phi) is 5.66. The molecule has 1 fully saturated rings. The number of rotatable bonds is 5. The first-order valence-electron chi connectivity index (χ1n) is 7.83. The van der Waals surface area contributed by atoms with E-state index in [1.165, 1.54) is 44.6 Å². The maximum Gasteiger partial charge on any atom is 0.373 e. The SMILES string of the molecule is COC(=O)c1ccc(CN2C(=O)SC(=Cc3cc(Cl)c(O)c(OC)c3)C2=O)o1. The Hall–Kier alpha value is -2.91. The number of aromatic hydroxyl groups is 1. The van der Waals surface area contributed by atoms with Crippen molar-refractivity contribution in [2.24, 2.45) is 0 Å². The first-order chi connectivity index (χ1) is 13.3. The fourth-order valence-electron chi connectivity index (χ4n) is 2.45. The van der Waals surface area contributed by atoms with Crippen molar-refractivity contribution in [1.29, 1.82) is 0 Å². The highest BCUT2D eigenvalue weighted by molar-refractivity contribution is 8.18. The number of carbonyl (C=O) groups is 3. The molecule has 0 bridgehead atoms. The van der Waals surface area contributed by atoms with Gasteiger partial charge in [0.25, 0.3) is 11.1 Å². The van der Waals surface area contributed by atoms with E-state index in [0.717, 1.165) is 16.7 Å². The number of thioether (sulfide) groups is 1. The standard InChI is InChI=1S/C18H14ClNO7S/c1-25-13-6-9(5-11(19)15(13)21)7-14-16(22)20(18(24)28-14)8-10-3-4-12(27-10)17(23)26-2/h3-7,21H,8H2,1-2H3. The molecule has 0 aliphatic carbocycles. The fraction of sp³-hybridized carbons (Fsp3) is 0.167. The van der Waals surface area contributed by atoms with Crippen LogP contribution in [-0.2, 0) is 16.1 Å². The largest absolute Gasteiger partial charge is 0.503 e. The molecule has 2 heterocycles. The highest BCUT2D eigenvalue weighted by Crippen LogP contribution is 2.38. The summed E-state index contributed by atoms with van der Waals surface area (Å²) >= 11 is 6.70. The van der Waals surface area contributed by atoms with Gasteiger partial charge in [-0.15, -0.1) is 0 Å². The Morgan fingerprint density at radius 1 is 1.32 bits per heavy atom. The van der Waals surface area contributed by atoms with Crippen LogP contribution >= 0.6 is 23.4 Å². The van der Waals surface area contributed by atoms with Gasteiger partial charge in [-0.05, 0) is 47.7 Å². The maximum atomic E-state index is 12.6. The number of carbonyl (C=O) groups excluding carboxylic acids is 3. The molecular formula is C18H14ClNO7S. The number of esters is 1. The van der Waals surface area contributed by atoms with Crippen LogP contribution in [0, 0.1) is 0 Å². The summed E-state index contributed by atoms with van der Waals surface area (Å²) < 4.78 is 14.9. The number of methoxy groups -OCH3 is 2. The number of amides is 2. The number of phenols is 1. The highest BCUT2D eigenvalue weighted by atomic mass is 35.5. The molecule has 1 saturated heterocycles. The minimum atomic E-state index is -0.654. The van der Waals surface area contributed by atoms with Gasteiger partial charge in [0, 0.05) is 0 Å². The van der Waals surface area contributed by atoms with Gasteiger partial charge < -0.3 is 19.0 Å². The van der Waals surface area contributed by atoms with E-state index >= 15 is 0 Å². The molecule has 1 N–H and O–H groups in total. The van der Waals surface area contributed by atoms with E-state index < -0.39 is 17.1 Å². The van der Waals surface area contributed by atoms with E-state index in [2.05, 4.69) is 4.74 Å². The lowest BCUT2D eigenvalue weighted by Crippen LogP contribution is -2.27. The number of nitrogens with zero attached hydrogens (tertiary/aromatic N) is 1. The van der Waals surface area contributed by atoms with Crippen LogP contribution in [-0.4, -0.2) is 41.3 Å². The number of furan rings is 1. The number of hydrogen-bond donors (Lipinski definition) is 1. The van der Waals surface area contributed by atoms with Gasteiger partial charge in [0.15, 0.2) is 11.5 Å². The molecule has 0 unspecified atom stereocenters. The lowest BCUT2D eigenvalue weighted by atomic mass is 10.2. The molecule has 0 spiro atoms. The normalized spacial score (nSPS) is 15.4. The third-order valence-corrected chi connectivity index (χ3v) is 5.00. The van der Waals surface area contributed by atoms with Crippen LogP contribution in [0.25, 0.3) is 6.08 Å².